The van der Waals surface area contributed by atoms with E-state index < -0.39 is 34.6 Å². The highest BCUT2D eigenvalue weighted by molar-refractivity contribution is 5.65. The molecule has 122 valence electrons. The lowest BCUT2D eigenvalue weighted by Gasteiger charge is -2.11. The summed E-state index contributed by atoms with van der Waals surface area (Å²) in [5, 5.41) is 25.5. The molecule has 0 aliphatic heterocycles. The van der Waals surface area contributed by atoms with Gasteiger partial charge in [0.15, 0.2) is 6.10 Å². The first-order valence-electron chi connectivity index (χ1n) is 5.18. The van der Waals surface area contributed by atoms with Crippen molar-refractivity contribution in [3.63, 3.8) is 0 Å². The first-order valence-corrected chi connectivity index (χ1v) is 5.18. The predicted octanol–water partition coefficient (Wildman–Crippen LogP) is -0.451. The van der Waals surface area contributed by atoms with E-state index >= 15 is 0 Å². The summed E-state index contributed by atoms with van der Waals surface area (Å²) < 4.78 is 4.40. The summed E-state index contributed by atoms with van der Waals surface area (Å²) in [7, 11) is 0. The van der Waals surface area contributed by atoms with E-state index in [1.165, 1.54) is 6.92 Å². The minimum atomic E-state index is -1.55. The zero-order valence-electron chi connectivity index (χ0n) is 11.0. The Morgan fingerprint density at radius 3 is 1.62 bits per heavy atom. The molecule has 0 heterocycles. The van der Waals surface area contributed by atoms with Gasteiger partial charge in [-0.2, -0.15) is 0 Å². The molecule has 21 heavy (non-hydrogen) atoms. The van der Waals surface area contributed by atoms with Gasteiger partial charge < -0.3 is 19.2 Å². The number of hydrogen-bond donors (Lipinski definition) is 0. The number of hydrogen-bond acceptors (Lipinski definition) is 11. The quantitative estimate of drug-likeness (QED) is 0.305. The molecule has 0 radical (unpaired) electrons. The summed E-state index contributed by atoms with van der Waals surface area (Å²) in [6, 6.07) is 0. The Labute approximate surface area is 116 Å². The second-order valence-corrected chi connectivity index (χ2v) is 2.91. The van der Waals surface area contributed by atoms with Crippen molar-refractivity contribution in [2.45, 2.75) is 20.0 Å². The maximum Gasteiger partial charge on any atom is 0.302 e. The molecule has 0 aliphatic carbocycles. The summed E-state index contributed by atoms with van der Waals surface area (Å²) in [6.45, 7) is 1.96. The molecule has 0 aromatic rings. The van der Waals surface area contributed by atoms with Gasteiger partial charge in [-0.3, -0.25) is 4.79 Å². The standard InChI is InChI=1S/C4H8O2.C3H5N3O9/c1-3-6-4(2)5;7-4(8)13-1-3(15-6(11)12)2-14-5(9)10/h3H2,1-2H3;3H,1-2H2. The van der Waals surface area contributed by atoms with Gasteiger partial charge in [0, 0.05) is 6.92 Å². The molecular weight excluding hydrogens is 302 g/mol. The Balaban J connectivity index is 0. The van der Waals surface area contributed by atoms with Gasteiger partial charge in [0.25, 0.3) is 15.3 Å². The summed E-state index contributed by atoms with van der Waals surface area (Å²) in [5.41, 5.74) is 0. The van der Waals surface area contributed by atoms with Crippen LogP contribution in [0, 0.1) is 30.3 Å². The van der Waals surface area contributed by atoms with Crippen LogP contribution < -0.4 is 0 Å². The lowest BCUT2D eigenvalue weighted by molar-refractivity contribution is -0.803. The van der Waals surface area contributed by atoms with Gasteiger partial charge in [-0.15, -0.1) is 30.3 Å². The number of nitrogens with zero attached hydrogens (tertiary/aromatic N) is 3. The molecule has 0 unspecified atom stereocenters. The van der Waals surface area contributed by atoms with Gasteiger partial charge in [0.1, 0.15) is 13.2 Å². The molecule has 0 aliphatic rings. The molecule has 0 rings (SSSR count). The van der Waals surface area contributed by atoms with Crippen LogP contribution in [0.15, 0.2) is 0 Å². The Morgan fingerprint density at radius 1 is 1.00 bits per heavy atom. The molecule has 0 amide bonds. The van der Waals surface area contributed by atoms with Crippen LogP contribution in [-0.4, -0.2) is 47.2 Å². The van der Waals surface area contributed by atoms with E-state index in [9.17, 15) is 35.1 Å². The fraction of sp³-hybridized carbons (Fsp3) is 0.857. The lowest BCUT2D eigenvalue weighted by Crippen LogP contribution is -2.30. The van der Waals surface area contributed by atoms with Crippen LogP contribution in [0.5, 0.6) is 0 Å². The molecule has 0 saturated carbocycles. The summed E-state index contributed by atoms with van der Waals surface area (Å²) in [6.07, 6.45) is -1.55. The normalized spacial score (nSPS) is 8.90. The van der Waals surface area contributed by atoms with Crippen molar-refractivity contribution in [3.05, 3.63) is 30.3 Å². The topological polar surface area (TPSA) is 183 Å². The zero-order chi connectivity index (χ0) is 16.8. The Hall–Kier alpha value is -2.93. The van der Waals surface area contributed by atoms with Gasteiger partial charge >= 0.3 is 5.97 Å². The van der Waals surface area contributed by atoms with Gasteiger partial charge in [0.2, 0.25) is 0 Å². The minimum absolute atomic E-state index is 0.211. The maximum absolute atomic E-state index is 9.83. The average molecular weight is 315 g/mol. The lowest BCUT2D eigenvalue weighted by atomic mass is 10.4. The Morgan fingerprint density at radius 2 is 1.43 bits per heavy atom. The second kappa shape index (κ2) is 12.1. The molecular formula is C7H13N3O11. The molecule has 0 spiro atoms. The maximum atomic E-state index is 9.83. The third-order valence-electron chi connectivity index (χ3n) is 1.31. The van der Waals surface area contributed by atoms with E-state index in [0.717, 1.165) is 0 Å². The summed E-state index contributed by atoms with van der Waals surface area (Å²) in [4.78, 5) is 50.3. The number of ether oxygens (including phenoxy) is 1. The summed E-state index contributed by atoms with van der Waals surface area (Å²) in [5.74, 6) is -0.211. The van der Waals surface area contributed by atoms with Crippen LogP contribution in [0.4, 0.5) is 0 Å². The van der Waals surface area contributed by atoms with Crippen LogP contribution in [0.1, 0.15) is 13.8 Å². The summed E-state index contributed by atoms with van der Waals surface area (Å²) >= 11 is 0. The highest BCUT2D eigenvalue weighted by Gasteiger charge is 2.17. The van der Waals surface area contributed by atoms with Gasteiger partial charge in [-0.05, 0) is 6.92 Å². The van der Waals surface area contributed by atoms with Gasteiger partial charge in [-0.25, -0.2) is 0 Å². The third kappa shape index (κ3) is 19.6. The average Bonchev–Trinajstić information content (AvgIpc) is 2.32. The Bertz CT molecular complexity index is 342. The number of carbonyl (C=O) groups excluding carboxylic acids is 1. The van der Waals surface area contributed by atoms with E-state index in [2.05, 4.69) is 19.2 Å². The molecule has 0 fully saturated rings. The monoisotopic (exact) mass is 315 g/mol. The Kier molecular flexibility index (Phi) is 11.8. The molecule has 14 heteroatoms. The molecule has 0 aromatic carbocycles. The van der Waals surface area contributed by atoms with Crippen molar-refractivity contribution >= 4 is 5.97 Å². The fourth-order valence-corrected chi connectivity index (χ4v) is 0.722. The van der Waals surface area contributed by atoms with E-state index in [-0.39, 0.29) is 5.97 Å². The van der Waals surface area contributed by atoms with Crippen molar-refractivity contribution in [2.24, 2.45) is 0 Å². The van der Waals surface area contributed by atoms with Crippen LogP contribution in [0.2, 0.25) is 0 Å². The molecule has 0 atom stereocenters. The van der Waals surface area contributed by atoms with Crippen LogP contribution in [0.25, 0.3) is 0 Å². The molecule has 0 bridgehead atoms. The number of rotatable bonds is 9. The van der Waals surface area contributed by atoms with Crippen molar-refractivity contribution in [2.75, 3.05) is 19.8 Å². The second-order valence-electron chi connectivity index (χ2n) is 2.91. The van der Waals surface area contributed by atoms with Crippen molar-refractivity contribution in [1.29, 1.82) is 0 Å². The largest absolute Gasteiger partial charge is 0.466 e. The minimum Gasteiger partial charge on any atom is -0.466 e. The zero-order valence-corrected chi connectivity index (χ0v) is 11.0. The van der Waals surface area contributed by atoms with E-state index in [4.69, 9.17) is 0 Å². The van der Waals surface area contributed by atoms with Crippen molar-refractivity contribution in [3.8, 4) is 0 Å². The van der Waals surface area contributed by atoms with Crippen LogP contribution >= 0.6 is 0 Å². The van der Waals surface area contributed by atoms with E-state index in [0.29, 0.717) is 6.61 Å². The molecule has 0 saturated heterocycles. The first-order chi connectivity index (χ1) is 9.68. The number of carbonyl (C=O) groups is 1. The van der Waals surface area contributed by atoms with Crippen molar-refractivity contribution < 1.29 is 39.3 Å². The van der Waals surface area contributed by atoms with E-state index in [1.807, 2.05) is 0 Å². The smallest absolute Gasteiger partial charge is 0.302 e. The SMILES string of the molecule is CCOC(C)=O.O=[N+]([O-])OCC(CO[N+](=O)[O-])O[N+](=O)[O-]. The molecule has 14 nitrogen and oxygen atoms in total. The predicted molar refractivity (Wildman–Crippen MR) is 60.1 cm³/mol. The van der Waals surface area contributed by atoms with Crippen LogP contribution in [-0.2, 0) is 24.0 Å². The van der Waals surface area contributed by atoms with E-state index in [1.54, 1.807) is 6.92 Å². The number of esters is 1. The molecule has 0 aromatic heterocycles. The highest BCUT2D eigenvalue weighted by atomic mass is 17.0. The highest BCUT2D eigenvalue weighted by Crippen LogP contribution is 1.96. The first kappa shape index (κ1) is 20.4. The third-order valence-corrected chi connectivity index (χ3v) is 1.31. The van der Waals surface area contributed by atoms with Gasteiger partial charge in [-0.1, -0.05) is 0 Å². The van der Waals surface area contributed by atoms with Gasteiger partial charge in [0.05, 0.1) is 6.61 Å². The molecule has 0 N–H and O–H groups in total. The fourth-order valence-electron chi connectivity index (χ4n) is 0.722. The van der Waals surface area contributed by atoms with Crippen LogP contribution in [0.3, 0.4) is 0 Å². The van der Waals surface area contributed by atoms with Crippen molar-refractivity contribution in [1.82, 2.24) is 0 Å².